The van der Waals surface area contributed by atoms with Gasteiger partial charge in [-0.1, -0.05) is 13.8 Å². The topological polar surface area (TPSA) is 52.0 Å². The molecule has 0 fully saturated rings. The van der Waals surface area contributed by atoms with Gasteiger partial charge < -0.3 is 10.1 Å². The highest BCUT2D eigenvalue weighted by molar-refractivity contribution is 5.38. The molecule has 21 heavy (non-hydrogen) atoms. The molecule has 1 N–H and O–H groups in total. The number of rotatable bonds is 6. The maximum atomic E-state index is 5.95. The van der Waals surface area contributed by atoms with E-state index in [9.17, 15) is 0 Å². The van der Waals surface area contributed by atoms with Crippen LogP contribution in [-0.4, -0.2) is 20.8 Å². The third-order valence-electron chi connectivity index (χ3n) is 3.27. The van der Waals surface area contributed by atoms with Crippen molar-refractivity contribution < 1.29 is 4.74 Å². The number of nitrogens with zero attached hydrogens (tertiary/aromatic N) is 3. The molecule has 0 atom stereocenters. The lowest BCUT2D eigenvalue weighted by molar-refractivity contribution is 0.447. The summed E-state index contributed by atoms with van der Waals surface area (Å²) in [5, 5.41) is 7.65. The van der Waals surface area contributed by atoms with Crippen LogP contribution in [0.25, 0.3) is 0 Å². The zero-order valence-corrected chi connectivity index (χ0v) is 13.5. The Labute approximate surface area is 126 Å². The zero-order valence-electron chi connectivity index (χ0n) is 13.5. The van der Waals surface area contributed by atoms with Crippen molar-refractivity contribution in [1.82, 2.24) is 20.1 Å². The van der Waals surface area contributed by atoms with Gasteiger partial charge >= 0.3 is 0 Å². The highest BCUT2D eigenvalue weighted by Gasteiger charge is 2.12. The maximum Gasteiger partial charge on any atom is 0.224 e. The van der Waals surface area contributed by atoms with Crippen LogP contribution in [0.2, 0.25) is 0 Å². The second-order valence-electron chi connectivity index (χ2n) is 5.53. The van der Waals surface area contributed by atoms with E-state index in [1.54, 1.807) is 6.20 Å². The number of aromatic nitrogens is 3. The molecule has 2 heterocycles. The second kappa shape index (κ2) is 6.72. The van der Waals surface area contributed by atoms with E-state index in [0.29, 0.717) is 11.9 Å². The number of nitrogens with one attached hydrogen (secondary N) is 1. The Balaban J connectivity index is 2.27. The van der Waals surface area contributed by atoms with Crippen LogP contribution >= 0.6 is 0 Å². The van der Waals surface area contributed by atoms with E-state index < -0.39 is 0 Å². The fraction of sp³-hybridized carbons (Fsp3) is 0.500. The van der Waals surface area contributed by atoms with E-state index in [1.165, 1.54) is 5.56 Å². The number of hydrogen-bond donors (Lipinski definition) is 1. The third kappa shape index (κ3) is 4.04. The average Bonchev–Trinajstić information content (AvgIpc) is 2.85. The molecule has 0 aromatic carbocycles. The van der Waals surface area contributed by atoms with Gasteiger partial charge in [-0.25, -0.2) is 4.98 Å². The van der Waals surface area contributed by atoms with Crippen molar-refractivity contribution in [2.45, 2.75) is 53.8 Å². The summed E-state index contributed by atoms with van der Waals surface area (Å²) >= 11 is 0. The molecule has 0 aliphatic rings. The number of hydrogen-bond acceptors (Lipinski definition) is 4. The molecule has 0 saturated heterocycles. The van der Waals surface area contributed by atoms with Crippen molar-refractivity contribution in [3.8, 4) is 11.6 Å². The van der Waals surface area contributed by atoms with Gasteiger partial charge in [0.1, 0.15) is 0 Å². The summed E-state index contributed by atoms with van der Waals surface area (Å²) in [5.74, 6) is 1.39. The Kier molecular flexibility index (Phi) is 4.96. The molecule has 0 saturated carbocycles. The minimum absolute atomic E-state index is 0.418. The van der Waals surface area contributed by atoms with Gasteiger partial charge in [0, 0.05) is 30.4 Å². The zero-order chi connectivity index (χ0) is 15.4. The Morgan fingerprint density at radius 3 is 2.71 bits per heavy atom. The summed E-state index contributed by atoms with van der Waals surface area (Å²) in [6, 6.07) is 2.50. The molecule has 114 valence electrons. The Morgan fingerprint density at radius 2 is 2.10 bits per heavy atom. The fourth-order valence-corrected chi connectivity index (χ4v) is 2.12. The minimum atomic E-state index is 0.418. The molecule has 0 aliphatic carbocycles. The number of pyridine rings is 1. The lowest BCUT2D eigenvalue weighted by atomic mass is 10.1. The van der Waals surface area contributed by atoms with Gasteiger partial charge in [-0.15, -0.1) is 0 Å². The lowest BCUT2D eigenvalue weighted by Crippen LogP contribution is -2.23. The molecule has 0 amide bonds. The first-order chi connectivity index (χ1) is 9.99. The van der Waals surface area contributed by atoms with Crippen molar-refractivity contribution in [1.29, 1.82) is 0 Å². The Hall–Kier alpha value is -1.88. The third-order valence-corrected chi connectivity index (χ3v) is 3.27. The first kappa shape index (κ1) is 15.5. The predicted octanol–water partition coefficient (Wildman–Crippen LogP) is 3.21. The normalized spacial score (nSPS) is 11.1. The summed E-state index contributed by atoms with van der Waals surface area (Å²) in [7, 11) is 0. The Bertz CT molecular complexity index is 604. The highest BCUT2D eigenvalue weighted by Crippen LogP contribution is 2.26. The van der Waals surface area contributed by atoms with E-state index in [4.69, 9.17) is 4.74 Å². The smallest absolute Gasteiger partial charge is 0.224 e. The van der Waals surface area contributed by atoms with Crippen LogP contribution in [0.15, 0.2) is 18.5 Å². The van der Waals surface area contributed by atoms with Crippen molar-refractivity contribution in [2.24, 2.45) is 0 Å². The summed E-state index contributed by atoms with van der Waals surface area (Å²) < 4.78 is 7.79. The van der Waals surface area contributed by atoms with E-state index in [2.05, 4.69) is 42.2 Å². The van der Waals surface area contributed by atoms with E-state index in [1.807, 2.05) is 24.7 Å². The number of aryl methyl sites for hydroxylation is 3. The molecule has 0 bridgehead atoms. The molecule has 0 aliphatic heterocycles. The monoisotopic (exact) mass is 288 g/mol. The molecular formula is C16H24N4O. The quantitative estimate of drug-likeness (QED) is 0.887. The van der Waals surface area contributed by atoms with E-state index in [-0.39, 0.29) is 0 Å². The molecule has 0 unspecified atom stereocenters. The van der Waals surface area contributed by atoms with Crippen LogP contribution in [0.4, 0.5) is 0 Å². The van der Waals surface area contributed by atoms with Crippen molar-refractivity contribution in [2.75, 3.05) is 0 Å². The standard InChI is InChI=1S/C16H24N4O/c1-6-20-10-14(8-18-20)21-16-15(9-17-11(2)3)12(4)7-13(5)19-16/h7-8,10-11,17H,6,9H2,1-5H3. The SMILES string of the molecule is CCn1cc(Oc2nc(C)cc(C)c2CNC(C)C)cn1. The molecule has 2 aromatic heterocycles. The first-order valence-corrected chi connectivity index (χ1v) is 7.40. The van der Waals surface area contributed by atoms with Crippen LogP contribution in [0.1, 0.15) is 37.6 Å². The van der Waals surface area contributed by atoms with Crippen molar-refractivity contribution in [3.63, 3.8) is 0 Å². The second-order valence-corrected chi connectivity index (χ2v) is 5.53. The van der Waals surface area contributed by atoms with Crippen LogP contribution in [0.5, 0.6) is 11.6 Å². The summed E-state index contributed by atoms with van der Waals surface area (Å²) in [4.78, 5) is 4.54. The van der Waals surface area contributed by atoms with Crippen LogP contribution in [0.3, 0.4) is 0 Å². The van der Waals surface area contributed by atoms with Crippen molar-refractivity contribution >= 4 is 0 Å². The Morgan fingerprint density at radius 1 is 1.33 bits per heavy atom. The molecule has 2 rings (SSSR count). The molecule has 5 heteroatoms. The van der Waals surface area contributed by atoms with Gasteiger partial charge in [0.25, 0.3) is 0 Å². The summed E-state index contributed by atoms with van der Waals surface area (Å²) in [6.07, 6.45) is 3.61. The average molecular weight is 288 g/mol. The van der Waals surface area contributed by atoms with Crippen LogP contribution in [-0.2, 0) is 13.1 Å². The first-order valence-electron chi connectivity index (χ1n) is 7.40. The fourth-order valence-electron chi connectivity index (χ4n) is 2.12. The number of ether oxygens (including phenoxy) is 1. The van der Waals surface area contributed by atoms with E-state index in [0.717, 1.165) is 30.1 Å². The van der Waals surface area contributed by atoms with Gasteiger partial charge in [-0.05, 0) is 32.4 Å². The van der Waals surface area contributed by atoms with Gasteiger partial charge in [0.2, 0.25) is 5.88 Å². The lowest BCUT2D eigenvalue weighted by Gasteiger charge is -2.15. The molecule has 5 nitrogen and oxygen atoms in total. The molecule has 0 spiro atoms. The van der Waals surface area contributed by atoms with E-state index >= 15 is 0 Å². The molecule has 2 aromatic rings. The summed E-state index contributed by atoms with van der Waals surface area (Å²) in [6.45, 7) is 11.9. The van der Waals surface area contributed by atoms with Crippen molar-refractivity contribution in [3.05, 3.63) is 35.3 Å². The summed E-state index contributed by atoms with van der Waals surface area (Å²) in [5.41, 5.74) is 3.24. The maximum absolute atomic E-state index is 5.95. The van der Waals surface area contributed by atoms with Gasteiger partial charge in [0.05, 0.1) is 12.4 Å². The largest absolute Gasteiger partial charge is 0.435 e. The van der Waals surface area contributed by atoms with Gasteiger partial charge in [0.15, 0.2) is 5.75 Å². The highest BCUT2D eigenvalue weighted by atomic mass is 16.5. The van der Waals surface area contributed by atoms with Crippen LogP contribution in [0, 0.1) is 13.8 Å². The minimum Gasteiger partial charge on any atom is -0.435 e. The van der Waals surface area contributed by atoms with Crippen LogP contribution < -0.4 is 10.1 Å². The molecular weight excluding hydrogens is 264 g/mol. The van der Waals surface area contributed by atoms with Gasteiger partial charge in [-0.2, -0.15) is 5.10 Å². The predicted molar refractivity (Wildman–Crippen MR) is 83.7 cm³/mol. The van der Waals surface area contributed by atoms with Gasteiger partial charge in [-0.3, -0.25) is 4.68 Å². The molecule has 0 radical (unpaired) electrons.